The smallest absolute Gasteiger partial charge is 0.326 e. The van der Waals surface area contributed by atoms with Gasteiger partial charge in [0.2, 0.25) is 5.91 Å². The lowest BCUT2D eigenvalue weighted by Crippen LogP contribution is -2.41. The van der Waals surface area contributed by atoms with E-state index in [9.17, 15) is 9.59 Å². The van der Waals surface area contributed by atoms with Crippen molar-refractivity contribution < 1.29 is 4.79 Å². The summed E-state index contributed by atoms with van der Waals surface area (Å²) in [6.07, 6.45) is 1.93. The number of piperidine rings is 1. The van der Waals surface area contributed by atoms with E-state index in [4.69, 9.17) is 11.6 Å². The average Bonchev–Trinajstić information content (AvgIpc) is 3.05. The fraction of sp³-hybridized carbons (Fsp3) is 0.273. The predicted octanol–water partition coefficient (Wildman–Crippen LogP) is 3.95. The van der Waals surface area contributed by atoms with Gasteiger partial charge in [-0.15, -0.1) is 0 Å². The number of hydrogen-bond donors (Lipinski definition) is 1. The molecule has 28 heavy (non-hydrogen) atoms. The van der Waals surface area contributed by atoms with Crippen molar-refractivity contribution in [1.29, 1.82) is 0 Å². The fourth-order valence-electron chi connectivity index (χ4n) is 3.93. The maximum atomic E-state index is 12.8. The van der Waals surface area contributed by atoms with Gasteiger partial charge in [-0.25, -0.2) is 4.79 Å². The standard InChI is InChI=1S/C22H22ClN3O2/c1-15(14-16-6-2-3-7-18(16)23)21(27)25-12-10-17(11-13-25)26-20-9-5-4-8-19(20)24-22(26)28/h2-9,17H,1,10-14H2,(H,24,28). The summed E-state index contributed by atoms with van der Waals surface area (Å²) >= 11 is 6.20. The molecule has 0 radical (unpaired) electrons. The van der Waals surface area contributed by atoms with Crippen molar-refractivity contribution in [3.8, 4) is 0 Å². The minimum absolute atomic E-state index is 0.0374. The van der Waals surface area contributed by atoms with Crippen molar-refractivity contribution in [1.82, 2.24) is 14.5 Å². The number of imidazole rings is 1. The molecule has 1 N–H and O–H groups in total. The predicted molar refractivity (Wildman–Crippen MR) is 112 cm³/mol. The van der Waals surface area contributed by atoms with Crippen LogP contribution in [0.3, 0.4) is 0 Å². The highest BCUT2D eigenvalue weighted by atomic mass is 35.5. The minimum atomic E-state index is -0.0888. The number of rotatable bonds is 4. The van der Waals surface area contributed by atoms with E-state index in [0.29, 0.717) is 30.1 Å². The molecule has 2 aromatic carbocycles. The molecule has 0 saturated carbocycles. The number of halogens is 1. The third-order valence-corrected chi connectivity index (χ3v) is 5.77. The quantitative estimate of drug-likeness (QED) is 0.680. The van der Waals surface area contributed by atoms with Crippen molar-refractivity contribution in [2.45, 2.75) is 25.3 Å². The van der Waals surface area contributed by atoms with Crippen LogP contribution in [0, 0.1) is 0 Å². The van der Waals surface area contributed by atoms with Gasteiger partial charge >= 0.3 is 5.69 Å². The van der Waals surface area contributed by atoms with E-state index >= 15 is 0 Å². The van der Waals surface area contributed by atoms with Crippen LogP contribution < -0.4 is 5.69 Å². The molecular formula is C22H22ClN3O2. The second-order valence-electron chi connectivity index (χ2n) is 7.21. The van der Waals surface area contributed by atoms with E-state index in [-0.39, 0.29) is 17.6 Å². The lowest BCUT2D eigenvalue weighted by molar-refractivity contribution is -0.128. The molecule has 1 aliphatic rings. The van der Waals surface area contributed by atoms with Crippen LogP contribution >= 0.6 is 11.6 Å². The zero-order chi connectivity index (χ0) is 19.7. The highest BCUT2D eigenvalue weighted by Gasteiger charge is 2.27. The second-order valence-corrected chi connectivity index (χ2v) is 7.62. The van der Waals surface area contributed by atoms with Gasteiger partial charge in [-0.3, -0.25) is 9.36 Å². The SMILES string of the molecule is C=C(Cc1ccccc1Cl)C(=O)N1CCC(n2c(=O)[nH]c3ccccc32)CC1. The van der Waals surface area contributed by atoms with E-state index in [0.717, 1.165) is 29.4 Å². The van der Waals surface area contributed by atoms with Gasteiger partial charge in [0.25, 0.3) is 0 Å². The number of aromatic amines is 1. The van der Waals surface area contributed by atoms with Gasteiger partial charge in [-0.1, -0.05) is 48.5 Å². The number of nitrogens with zero attached hydrogens (tertiary/aromatic N) is 2. The first-order valence-electron chi connectivity index (χ1n) is 9.44. The van der Waals surface area contributed by atoms with E-state index in [1.54, 1.807) is 0 Å². The van der Waals surface area contributed by atoms with Gasteiger partial charge in [-0.05, 0) is 36.6 Å². The van der Waals surface area contributed by atoms with Crippen molar-refractivity contribution in [3.63, 3.8) is 0 Å². The average molecular weight is 396 g/mol. The molecule has 5 nitrogen and oxygen atoms in total. The zero-order valence-corrected chi connectivity index (χ0v) is 16.3. The molecule has 0 atom stereocenters. The largest absolute Gasteiger partial charge is 0.339 e. The lowest BCUT2D eigenvalue weighted by Gasteiger charge is -2.33. The highest BCUT2D eigenvalue weighted by Crippen LogP contribution is 2.26. The molecule has 0 bridgehead atoms. The number of likely N-dealkylation sites (tertiary alicyclic amines) is 1. The summed E-state index contributed by atoms with van der Waals surface area (Å²) in [5.74, 6) is -0.0374. The molecule has 144 valence electrons. The Morgan fingerprint density at radius 3 is 2.54 bits per heavy atom. The first kappa shape index (κ1) is 18.6. The van der Waals surface area contributed by atoms with Gasteiger partial charge < -0.3 is 9.88 Å². The summed E-state index contributed by atoms with van der Waals surface area (Å²) in [6.45, 7) is 5.20. The van der Waals surface area contributed by atoms with E-state index < -0.39 is 0 Å². The molecule has 1 amide bonds. The number of amides is 1. The molecule has 2 heterocycles. The molecule has 1 saturated heterocycles. The molecule has 1 aliphatic heterocycles. The van der Waals surface area contributed by atoms with Crippen molar-refractivity contribution >= 4 is 28.5 Å². The van der Waals surface area contributed by atoms with E-state index in [2.05, 4.69) is 11.6 Å². The van der Waals surface area contributed by atoms with Crippen LogP contribution in [0.25, 0.3) is 11.0 Å². The van der Waals surface area contributed by atoms with Crippen LogP contribution in [0.1, 0.15) is 24.4 Å². The monoisotopic (exact) mass is 395 g/mol. The van der Waals surface area contributed by atoms with Gasteiger partial charge in [0.05, 0.1) is 11.0 Å². The number of fused-ring (bicyclic) bond motifs is 1. The Morgan fingerprint density at radius 2 is 1.79 bits per heavy atom. The Labute approximate surface area is 168 Å². The molecule has 0 aliphatic carbocycles. The van der Waals surface area contributed by atoms with Gasteiger partial charge in [0, 0.05) is 36.1 Å². The Balaban J connectivity index is 1.43. The third-order valence-electron chi connectivity index (χ3n) is 5.40. The Morgan fingerprint density at radius 1 is 1.11 bits per heavy atom. The molecule has 0 spiro atoms. The summed E-state index contributed by atoms with van der Waals surface area (Å²) in [5.41, 5.74) is 3.12. The number of para-hydroxylation sites is 2. The lowest BCUT2D eigenvalue weighted by atomic mass is 10.0. The summed E-state index contributed by atoms with van der Waals surface area (Å²) in [6, 6.07) is 15.3. The maximum Gasteiger partial charge on any atom is 0.326 e. The van der Waals surface area contributed by atoms with Crippen LogP contribution in [-0.2, 0) is 11.2 Å². The molecule has 0 unspecified atom stereocenters. The summed E-state index contributed by atoms with van der Waals surface area (Å²) < 4.78 is 1.83. The molecule has 3 aromatic rings. The number of carbonyl (C=O) groups is 1. The van der Waals surface area contributed by atoms with Crippen molar-refractivity contribution in [3.05, 3.63) is 81.8 Å². The minimum Gasteiger partial charge on any atom is -0.339 e. The first-order chi connectivity index (χ1) is 13.5. The van der Waals surface area contributed by atoms with Gasteiger partial charge in [0.1, 0.15) is 0 Å². The van der Waals surface area contributed by atoms with Crippen LogP contribution in [0.5, 0.6) is 0 Å². The first-order valence-corrected chi connectivity index (χ1v) is 9.82. The number of benzene rings is 2. The molecule has 4 rings (SSSR count). The van der Waals surface area contributed by atoms with Crippen molar-refractivity contribution in [2.24, 2.45) is 0 Å². The number of carbonyl (C=O) groups excluding carboxylic acids is 1. The van der Waals surface area contributed by atoms with Crippen LogP contribution in [-0.4, -0.2) is 33.4 Å². The summed E-state index contributed by atoms with van der Waals surface area (Å²) in [4.78, 5) is 29.9. The topological polar surface area (TPSA) is 58.1 Å². The van der Waals surface area contributed by atoms with E-state index in [1.807, 2.05) is 58.0 Å². The Hall–Kier alpha value is -2.79. The fourth-order valence-corrected chi connectivity index (χ4v) is 4.14. The number of hydrogen-bond acceptors (Lipinski definition) is 2. The van der Waals surface area contributed by atoms with E-state index in [1.165, 1.54) is 0 Å². The van der Waals surface area contributed by atoms with Crippen LogP contribution in [0.4, 0.5) is 0 Å². The highest BCUT2D eigenvalue weighted by molar-refractivity contribution is 6.31. The second kappa shape index (κ2) is 7.68. The van der Waals surface area contributed by atoms with Gasteiger partial charge in [0.15, 0.2) is 0 Å². The third kappa shape index (κ3) is 3.50. The summed E-state index contributed by atoms with van der Waals surface area (Å²) in [7, 11) is 0. The normalized spacial score (nSPS) is 15.1. The molecule has 6 heteroatoms. The molecule has 1 aromatic heterocycles. The van der Waals surface area contributed by atoms with Crippen LogP contribution in [0.2, 0.25) is 5.02 Å². The number of H-pyrrole nitrogens is 1. The van der Waals surface area contributed by atoms with Gasteiger partial charge in [-0.2, -0.15) is 0 Å². The maximum absolute atomic E-state index is 12.8. The summed E-state index contributed by atoms with van der Waals surface area (Å²) in [5, 5.41) is 0.647. The zero-order valence-electron chi connectivity index (χ0n) is 15.5. The molecule has 1 fully saturated rings. The Kier molecular flexibility index (Phi) is 5.09. The number of aromatic nitrogens is 2. The number of nitrogens with one attached hydrogen (secondary N) is 1. The van der Waals surface area contributed by atoms with Crippen LogP contribution in [0.15, 0.2) is 65.5 Å². The molecular weight excluding hydrogens is 374 g/mol. The Bertz CT molecular complexity index is 1090. The van der Waals surface area contributed by atoms with Crippen molar-refractivity contribution in [2.75, 3.05) is 13.1 Å².